The standard InChI is InChI=1S/C29H27F3N4O4/c1-18-24(33-26(39)40-19(2)22-9-6-10-23(17-22)29(30,31)32)36(35-34-18)28(27(15-16-27)25(37)38)13-11-21(12-14-28)20-7-4-3-5-8-20/h3-13,17,19H,14-16H2,1-2H3,(H,33,39)(H,37,38)/t19-,28?/m1/s1. The molecule has 8 nitrogen and oxygen atoms in total. The molecular formula is C29H27F3N4O4. The lowest BCUT2D eigenvalue weighted by atomic mass is 9.74. The maximum atomic E-state index is 13.1. The summed E-state index contributed by atoms with van der Waals surface area (Å²) >= 11 is 0. The van der Waals surface area contributed by atoms with Crippen molar-refractivity contribution in [2.75, 3.05) is 5.32 Å². The minimum atomic E-state index is -4.53. The van der Waals surface area contributed by atoms with Gasteiger partial charge in [0.2, 0.25) is 0 Å². The van der Waals surface area contributed by atoms with E-state index in [0.29, 0.717) is 18.5 Å². The SMILES string of the molecule is Cc1nnn(C2(C3(C(=O)O)CC3)C=CC(c3ccccc3)=CC2)c1NC(=O)O[C@H](C)c1cccc(C(F)(F)F)c1. The lowest BCUT2D eigenvalue weighted by molar-refractivity contribution is -0.147. The van der Waals surface area contributed by atoms with Crippen molar-refractivity contribution in [2.45, 2.75) is 50.9 Å². The maximum absolute atomic E-state index is 13.1. The van der Waals surface area contributed by atoms with E-state index in [1.807, 2.05) is 48.6 Å². The second-order valence-electron chi connectivity index (χ2n) is 10.1. The Morgan fingerprint density at radius 1 is 1.12 bits per heavy atom. The second kappa shape index (κ2) is 9.96. The first-order valence-electron chi connectivity index (χ1n) is 12.7. The summed E-state index contributed by atoms with van der Waals surface area (Å²) in [6, 6.07) is 14.2. The van der Waals surface area contributed by atoms with Gasteiger partial charge in [0.1, 0.15) is 17.3 Å². The number of carboxylic acid groups (broad SMARTS) is 1. The number of nitrogens with zero attached hydrogens (tertiary/aromatic N) is 3. The van der Waals surface area contributed by atoms with Crippen LogP contribution < -0.4 is 5.32 Å². The van der Waals surface area contributed by atoms with Gasteiger partial charge in [-0.15, -0.1) is 5.10 Å². The molecule has 1 unspecified atom stereocenters. The Balaban J connectivity index is 1.43. The summed E-state index contributed by atoms with van der Waals surface area (Å²) in [5.74, 6) is -0.830. The Bertz CT molecular complexity index is 1510. The Morgan fingerprint density at radius 2 is 1.85 bits per heavy atom. The number of nitrogens with one attached hydrogen (secondary N) is 1. The fourth-order valence-corrected chi connectivity index (χ4v) is 5.25. The fourth-order valence-electron chi connectivity index (χ4n) is 5.25. The molecule has 5 rings (SSSR count). The summed E-state index contributed by atoms with van der Waals surface area (Å²) in [6.07, 6.45) is 0.261. The summed E-state index contributed by atoms with van der Waals surface area (Å²) in [4.78, 5) is 25.5. The highest BCUT2D eigenvalue weighted by atomic mass is 19.4. The minimum Gasteiger partial charge on any atom is -0.481 e. The van der Waals surface area contributed by atoms with Crippen LogP contribution in [-0.2, 0) is 21.2 Å². The zero-order valence-electron chi connectivity index (χ0n) is 21.8. The van der Waals surface area contributed by atoms with Crippen molar-refractivity contribution >= 4 is 23.5 Å². The average Bonchev–Trinajstić information content (AvgIpc) is 3.69. The Morgan fingerprint density at radius 3 is 2.45 bits per heavy atom. The van der Waals surface area contributed by atoms with Crippen molar-refractivity contribution in [2.24, 2.45) is 5.41 Å². The van der Waals surface area contributed by atoms with Crippen molar-refractivity contribution in [1.82, 2.24) is 15.0 Å². The molecular weight excluding hydrogens is 525 g/mol. The number of rotatable bonds is 7. The number of aryl methyl sites for hydroxylation is 1. The normalized spacial score (nSPS) is 20.4. The molecule has 2 aliphatic rings. The molecule has 2 aliphatic carbocycles. The van der Waals surface area contributed by atoms with Crippen LogP contribution in [0.5, 0.6) is 0 Å². The van der Waals surface area contributed by atoms with Crippen molar-refractivity contribution in [3.8, 4) is 0 Å². The molecule has 0 radical (unpaired) electrons. The van der Waals surface area contributed by atoms with Crippen LogP contribution in [0.2, 0.25) is 0 Å². The molecule has 2 atom stereocenters. The van der Waals surface area contributed by atoms with Crippen LogP contribution in [0.15, 0.2) is 72.8 Å². The van der Waals surface area contributed by atoms with E-state index in [1.165, 1.54) is 23.7 Å². The fraction of sp³-hybridized carbons (Fsp3) is 0.310. The van der Waals surface area contributed by atoms with Gasteiger partial charge in [-0.05, 0) is 61.9 Å². The summed E-state index contributed by atoms with van der Waals surface area (Å²) in [6.45, 7) is 3.07. The van der Waals surface area contributed by atoms with Gasteiger partial charge >= 0.3 is 18.2 Å². The highest BCUT2D eigenvalue weighted by molar-refractivity contribution is 5.86. The van der Waals surface area contributed by atoms with E-state index in [-0.39, 0.29) is 17.8 Å². The molecule has 1 amide bonds. The number of aliphatic carboxylic acids is 1. The Hall–Kier alpha value is -4.41. The summed E-state index contributed by atoms with van der Waals surface area (Å²) < 4.78 is 46.2. The number of alkyl halides is 3. The zero-order chi connectivity index (χ0) is 28.7. The van der Waals surface area contributed by atoms with E-state index in [2.05, 4.69) is 15.6 Å². The first kappa shape index (κ1) is 27.2. The molecule has 0 spiro atoms. The van der Waals surface area contributed by atoms with Crippen LogP contribution >= 0.6 is 0 Å². The molecule has 2 aromatic carbocycles. The Labute approximate surface area is 228 Å². The Kier molecular flexibility index (Phi) is 6.77. The molecule has 1 aromatic heterocycles. The quantitative estimate of drug-likeness (QED) is 0.346. The molecule has 208 valence electrons. The third-order valence-corrected chi connectivity index (χ3v) is 7.67. The first-order valence-corrected chi connectivity index (χ1v) is 12.7. The third-order valence-electron chi connectivity index (χ3n) is 7.67. The molecule has 2 N–H and O–H groups in total. The lowest BCUT2D eigenvalue weighted by Crippen LogP contribution is -2.47. The molecule has 0 aliphatic heterocycles. The number of allylic oxidation sites excluding steroid dienone is 4. The number of ether oxygens (including phenoxy) is 1. The van der Waals surface area contributed by atoms with Crippen molar-refractivity contribution in [3.63, 3.8) is 0 Å². The number of benzene rings is 2. The van der Waals surface area contributed by atoms with Crippen molar-refractivity contribution in [1.29, 1.82) is 0 Å². The molecule has 1 fully saturated rings. The number of aromatic nitrogens is 3. The van der Waals surface area contributed by atoms with Crippen molar-refractivity contribution in [3.05, 3.63) is 95.2 Å². The largest absolute Gasteiger partial charge is 0.481 e. The maximum Gasteiger partial charge on any atom is 0.416 e. The molecule has 11 heteroatoms. The van der Waals surface area contributed by atoms with Gasteiger partial charge in [-0.2, -0.15) is 13.2 Å². The topological polar surface area (TPSA) is 106 Å². The van der Waals surface area contributed by atoms with Gasteiger partial charge in [-0.25, -0.2) is 9.48 Å². The van der Waals surface area contributed by atoms with Gasteiger partial charge in [-0.1, -0.05) is 65.9 Å². The van der Waals surface area contributed by atoms with E-state index in [9.17, 15) is 27.9 Å². The molecule has 3 aromatic rings. The van der Waals surface area contributed by atoms with Crippen LogP contribution in [0.3, 0.4) is 0 Å². The van der Waals surface area contributed by atoms with Gasteiger partial charge in [0.15, 0.2) is 5.82 Å². The number of hydrogen-bond acceptors (Lipinski definition) is 5. The van der Waals surface area contributed by atoms with Crippen LogP contribution in [-0.4, -0.2) is 32.2 Å². The van der Waals surface area contributed by atoms with Crippen LogP contribution in [0.1, 0.15) is 54.7 Å². The molecule has 1 heterocycles. The number of carboxylic acids is 1. The molecule has 0 saturated heterocycles. The van der Waals surface area contributed by atoms with Gasteiger partial charge in [0.05, 0.1) is 11.0 Å². The highest BCUT2D eigenvalue weighted by Gasteiger charge is 2.66. The predicted octanol–water partition coefficient (Wildman–Crippen LogP) is 6.52. The number of halogens is 3. The summed E-state index contributed by atoms with van der Waals surface area (Å²) in [5, 5.41) is 21.2. The van der Waals surface area contributed by atoms with Gasteiger partial charge in [0, 0.05) is 0 Å². The van der Waals surface area contributed by atoms with Crippen molar-refractivity contribution < 1.29 is 32.6 Å². The van der Waals surface area contributed by atoms with Gasteiger partial charge in [0.25, 0.3) is 0 Å². The van der Waals surface area contributed by atoms with E-state index in [1.54, 1.807) is 6.92 Å². The van der Waals surface area contributed by atoms with E-state index in [0.717, 1.165) is 23.3 Å². The third kappa shape index (κ3) is 4.76. The van der Waals surface area contributed by atoms with Gasteiger partial charge < -0.3 is 9.84 Å². The second-order valence-corrected chi connectivity index (χ2v) is 10.1. The predicted molar refractivity (Wildman–Crippen MR) is 140 cm³/mol. The average molecular weight is 553 g/mol. The number of carbonyl (C=O) groups is 2. The number of hydrogen-bond donors (Lipinski definition) is 2. The van der Waals surface area contributed by atoms with Gasteiger partial charge in [-0.3, -0.25) is 10.1 Å². The van der Waals surface area contributed by atoms with Crippen LogP contribution in [0.25, 0.3) is 5.57 Å². The van der Waals surface area contributed by atoms with Crippen LogP contribution in [0, 0.1) is 12.3 Å². The smallest absolute Gasteiger partial charge is 0.416 e. The van der Waals surface area contributed by atoms with E-state index >= 15 is 0 Å². The monoisotopic (exact) mass is 552 g/mol. The van der Waals surface area contributed by atoms with Crippen LogP contribution in [0.4, 0.5) is 23.8 Å². The first-order chi connectivity index (χ1) is 19.0. The minimum absolute atomic E-state index is 0.148. The highest BCUT2D eigenvalue weighted by Crippen LogP contribution is 2.61. The molecule has 0 bridgehead atoms. The lowest BCUT2D eigenvalue weighted by Gasteiger charge is -2.38. The molecule has 1 saturated carbocycles. The summed E-state index contributed by atoms with van der Waals surface area (Å²) in [7, 11) is 0. The zero-order valence-corrected chi connectivity index (χ0v) is 21.8. The summed E-state index contributed by atoms with van der Waals surface area (Å²) in [5.41, 5.74) is -0.763. The number of carbonyl (C=O) groups excluding carboxylic acids is 1. The number of amides is 1. The van der Waals surface area contributed by atoms with E-state index < -0.39 is 40.9 Å². The number of anilines is 1. The molecule has 40 heavy (non-hydrogen) atoms. The van der Waals surface area contributed by atoms with E-state index in [4.69, 9.17) is 4.74 Å².